The summed E-state index contributed by atoms with van der Waals surface area (Å²) in [6.45, 7) is 0.628. The first-order valence-corrected chi connectivity index (χ1v) is 14.7. The first-order chi connectivity index (χ1) is 20.8. The number of esters is 1. The fourth-order valence-corrected chi connectivity index (χ4v) is 5.38. The molecule has 4 aromatic carbocycles. The zero-order valence-electron chi connectivity index (χ0n) is 22.8. The third kappa shape index (κ3) is 7.91. The van der Waals surface area contributed by atoms with E-state index in [0.717, 1.165) is 21.6 Å². The van der Waals surface area contributed by atoms with Crippen molar-refractivity contribution in [1.82, 2.24) is 4.72 Å². The van der Waals surface area contributed by atoms with Gasteiger partial charge in [-0.05, 0) is 83.6 Å². The number of non-ortho nitro benzene ring substituents is 1. The average Bonchev–Trinajstić information content (AvgIpc) is 3.03. The minimum absolute atomic E-state index is 0.00617. The van der Waals surface area contributed by atoms with Crippen molar-refractivity contribution in [1.29, 1.82) is 0 Å². The Bertz CT molecular complexity index is 1620. The third-order valence-corrected chi connectivity index (χ3v) is 8.23. The van der Waals surface area contributed by atoms with Crippen LogP contribution in [0.25, 0.3) is 0 Å². The number of methoxy groups -OCH3 is 1. The summed E-state index contributed by atoms with van der Waals surface area (Å²) < 4.78 is 26.4. The van der Waals surface area contributed by atoms with Gasteiger partial charge in [-0.15, -0.1) is 0 Å². The zero-order chi connectivity index (χ0) is 30.3. The number of ether oxygens (including phenoxy) is 4. The van der Waals surface area contributed by atoms with Crippen LogP contribution >= 0.6 is 35.1 Å². The predicted octanol–water partition coefficient (Wildman–Crippen LogP) is 7.37. The summed E-state index contributed by atoms with van der Waals surface area (Å²) in [6, 6.07) is 23.9. The van der Waals surface area contributed by atoms with E-state index in [-0.39, 0.29) is 11.8 Å². The summed E-state index contributed by atoms with van der Waals surface area (Å²) in [6.07, 6.45) is -0.0141. The molecule has 0 bridgehead atoms. The van der Waals surface area contributed by atoms with Crippen molar-refractivity contribution in [2.24, 2.45) is 0 Å². The van der Waals surface area contributed by atoms with E-state index in [9.17, 15) is 14.9 Å². The van der Waals surface area contributed by atoms with Crippen molar-refractivity contribution in [3.05, 3.63) is 122 Å². The zero-order valence-corrected chi connectivity index (χ0v) is 25.2. The van der Waals surface area contributed by atoms with Crippen molar-refractivity contribution in [3.63, 3.8) is 0 Å². The van der Waals surface area contributed by atoms with Crippen LogP contribution in [0.4, 0.5) is 5.69 Å². The van der Waals surface area contributed by atoms with Crippen LogP contribution in [0.2, 0.25) is 10.0 Å². The van der Waals surface area contributed by atoms with Crippen molar-refractivity contribution in [2.45, 2.75) is 30.1 Å². The number of rotatable bonds is 11. The molecule has 9 nitrogen and oxygen atoms in total. The highest BCUT2D eigenvalue weighted by Crippen LogP contribution is 2.38. The van der Waals surface area contributed by atoms with Crippen molar-refractivity contribution in [2.75, 3.05) is 13.7 Å². The second-order valence-corrected chi connectivity index (χ2v) is 11.3. The molecule has 222 valence electrons. The summed E-state index contributed by atoms with van der Waals surface area (Å²) in [5.74, 6) is 1.41. The lowest BCUT2D eigenvalue weighted by molar-refractivity contribution is -0.384. The Morgan fingerprint density at radius 3 is 2.56 bits per heavy atom. The highest BCUT2D eigenvalue weighted by molar-refractivity contribution is 7.97. The van der Waals surface area contributed by atoms with Crippen LogP contribution in [-0.2, 0) is 22.6 Å². The van der Waals surface area contributed by atoms with Gasteiger partial charge in [0.05, 0.1) is 22.1 Å². The lowest BCUT2D eigenvalue weighted by Crippen LogP contribution is -2.35. The molecule has 1 aliphatic rings. The monoisotopic (exact) mass is 640 g/mol. The lowest BCUT2D eigenvalue weighted by atomic mass is 10.0. The Hall–Kier alpha value is -3.96. The molecule has 0 radical (unpaired) electrons. The number of carbonyl (C=O) groups excluding carboxylic acids is 1. The maximum atomic E-state index is 12.5. The number of nitrogens with one attached hydrogen (secondary N) is 1. The number of hydrogen-bond acceptors (Lipinski definition) is 9. The van der Waals surface area contributed by atoms with Gasteiger partial charge >= 0.3 is 5.97 Å². The van der Waals surface area contributed by atoms with Gasteiger partial charge in [-0.2, -0.15) is 0 Å². The molecular formula is C31H26Cl2N2O7S. The molecule has 0 fully saturated rings. The molecule has 2 atom stereocenters. The molecule has 5 rings (SSSR count). The molecule has 0 amide bonds. The van der Waals surface area contributed by atoms with E-state index in [1.807, 2.05) is 48.5 Å². The van der Waals surface area contributed by atoms with Crippen LogP contribution in [-0.4, -0.2) is 30.7 Å². The van der Waals surface area contributed by atoms with Gasteiger partial charge in [0.1, 0.15) is 25.0 Å². The van der Waals surface area contributed by atoms with Gasteiger partial charge in [0.2, 0.25) is 0 Å². The van der Waals surface area contributed by atoms with Crippen LogP contribution in [0.3, 0.4) is 0 Å². The van der Waals surface area contributed by atoms with Gasteiger partial charge in [-0.1, -0.05) is 47.5 Å². The molecular weight excluding hydrogens is 615 g/mol. The van der Waals surface area contributed by atoms with Gasteiger partial charge in [-0.25, -0.2) is 4.72 Å². The molecule has 1 N–H and O–H groups in total. The number of nitro groups is 1. The lowest BCUT2D eigenvalue weighted by Gasteiger charge is -2.27. The van der Waals surface area contributed by atoms with Gasteiger partial charge in [0, 0.05) is 17.0 Å². The fourth-order valence-electron chi connectivity index (χ4n) is 4.33. The second kappa shape index (κ2) is 14.0. The number of benzene rings is 4. The van der Waals surface area contributed by atoms with Gasteiger partial charge in [0.15, 0.2) is 17.6 Å². The van der Waals surface area contributed by atoms with E-state index in [4.69, 9.17) is 42.1 Å². The third-order valence-electron chi connectivity index (χ3n) is 6.58. The largest absolute Gasteiger partial charge is 0.489 e. The molecule has 2 unspecified atom stereocenters. The maximum Gasteiger partial charge on any atom is 0.324 e. The van der Waals surface area contributed by atoms with E-state index in [2.05, 4.69) is 4.72 Å². The fraction of sp³-hybridized carbons (Fsp3) is 0.194. The number of hydrogen-bond donors (Lipinski definition) is 1. The summed E-state index contributed by atoms with van der Waals surface area (Å²) >= 11 is 13.3. The summed E-state index contributed by atoms with van der Waals surface area (Å²) in [7, 11) is 1.32. The maximum absolute atomic E-state index is 12.5. The van der Waals surface area contributed by atoms with Crippen LogP contribution in [0.15, 0.2) is 89.8 Å². The molecule has 12 heteroatoms. The Labute approximate surface area is 262 Å². The Balaban J connectivity index is 1.20. The highest BCUT2D eigenvalue weighted by Gasteiger charge is 2.25. The van der Waals surface area contributed by atoms with Crippen LogP contribution in [0, 0.1) is 10.1 Å². The van der Waals surface area contributed by atoms with E-state index in [1.54, 1.807) is 24.3 Å². The van der Waals surface area contributed by atoms with E-state index < -0.39 is 16.9 Å². The molecule has 0 saturated heterocycles. The molecule has 1 heterocycles. The molecule has 43 heavy (non-hydrogen) atoms. The first-order valence-electron chi connectivity index (χ1n) is 13.1. The second-order valence-electron chi connectivity index (χ2n) is 9.56. The predicted molar refractivity (Wildman–Crippen MR) is 164 cm³/mol. The minimum Gasteiger partial charge on any atom is -0.489 e. The van der Waals surface area contributed by atoms with Crippen LogP contribution in [0.5, 0.6) is 17.2 Å². The molecule has 0 aromatic heterocycles. The van der Waals surface area contributed by atoms with E-state index in [0.29, 0.717) is 46.9 Å². The standard InChI is InChI=1S/C31H26Cl2N2O7S/c1-39-31(36)27(34-43-24-9-7-22(8-10-24)35(37)38)14-19-6-12-28-29(15-19)41-18-30(42-28)21-3-2-4-23(16-21)40-17-20-5-11-25(32)26(33)13-20/h2-13,15-16,27,30,34H,14,17-18H2,1H3. The van der Waals surface area contributed by atoms with Gasteiger partial charge in [-0.3, -0.25) is 14.9 Å². The van der Waals surface area contributed by atoms with Crippen LogP contribution in [0.1, 0.15) is 22.8 Å². The van der Waals surface area contributed by atoms with Crippen molar-refractivity contribution in [3.8, 4) is 17.2 Å². The van der Waals surface area contributed by atoms with Gasteiger partial charge < -0.3 is 18.9 Å². The molecule has 0 spiro atoms. The van der Waals surface area contributed by atoms with Crippen molar-refractivity contribution < 1.29 is 28.7 Å². The first kappa shape index (κ1) is 30.5. The number of fused-ring (bicyclic) bond motifs is 1. The average molecular weight is 642 g/mol. The molecule has 1 aliphatic heterocycles. The molecule has 0 aliphatic carbocycles. The number of nitrogens with zero attached hydrogens (tertiary/aromatic N) is 1. The Morgan fingerprint density at radius 1 is 1.02 bits per heavy atom. The molecule has 4 aromatic rings. The normalized spacial score (nSPS) is 14.5. The Morgan fingerprint density at radius 2 is 1.81 bits per heavy atom. The minimum atomic E-state index is -0.674. The quantitative estimate of drug-likeness (QED) is 0.0777. The summed E-state index contributed by atoms with van der Waals surface area (Å²) in [4.78, 5) is 23.6. The summed E-state index contributed by atoms with van der Waals surface area (Å²) in [5, 5.41) is 11.9. The molecule has 0 saturated carbocycles. The highest BCUT2D eigenvalue weighted by atomic mass is 35.5. The topological polar surface area (TPSA) is 109 Å². The Kier molecular flexibility index (Phi) is 9.93. The smallest absolute Gasteiger partial charge is 0.324 e. The summed E-state index contributed by atoms with van der Waals surface area (Å²) in [5.41, 5.74) is 2.63. The van der Waals surface area contributed by atoms with Crippen molar-refractivity contribution >= 4 is 46.8 Å². The number of halogens is 2. The van der Waals surface area contributed by atoms with E-state index in [1.165, 1.54) is 31.2 Å². The van der Waals surface area contributed by atoms with E-state index >= 15 is 0 Å². The van der Waals surface area contributed by atoms with Gasteiger partial charge in [0.25, 0.3) is 5.69 Å². The number of carbonyl (C=O) groups is 1. The number of nitro benzene ring substituents is 1. The van der Waals surface area contributed by atoms with Crippen LogP contribution < -0.4 is 18.9 Å². The SMILES string of the molecule is COC(=O)C(Cc1ccc2c(c1)OCC(c1cccc(OCc3ccc(Cl)c(Cl)c3)c1)O2)NSc1ccc([N+](=O)[O-])cc1.